The second kappa shape index (κ2) is 31.7. The molecule has 7 aromatic carbocycles. The lowest BCUT2D eigenvalue weighted by molar-refractivity contribution is -0.141. The first-order chi connectivity index (χ1) is 40.9. The van der Waals surface area contributed by atoms with Gasteiger partial charge in [0.05, 0.1) is 33.0 Å². The number of piperidine rings is 1. The number of hydrogen-bond donors (Lipinski definition) is 0. The summed E-state index contributed by atoms with van der Waals surface area (Å²) in [5, 5.41) is 11.3. The van der Waals surface area contributed by atoms with Crippen LogP contribution >= 0.6 is 0 Å². The Bertz CT molecular complexity index is 3450. The first-order valence-electron chi connectivity index (χ1n) is 27.1. The Labute approximate surface area is 486 Å². The standard InChI is InChI=1S/C25H22N2O4.C24H19NO6.C17H22N2O3/c28-24(20-11-13-22(14-12-20)27-15-17-30-18-16-27)23(19-7-3-1-4-8-19)26-31-25(29)21-9-5-2-6-10-21;1-29-19-14-13-18(15-20(19)30-2)22(26)21(16-9-5-3-6-10-16)25-31-24(28)23(27)17-11-7-4-8-12-17;1-3-16(18-22-13(2)20)17(21)14-7-9-15(10-8-14)19-11-5-4-6-12-19/h1-14H,15-18H2;3-15H,1-2H3;7-10H,3-6,11-12H2,1-2H3/b26-23+;25-21+;18-16+. The summed E-state index contributed by atoms with van der Waals surface area (Å²) < 4.78 is 15.8. The molecule has 7 aromatic rings. The lowest BCUT2D eigenvalue weighted by Gasteiger charge is -2.28. The van der Waals surface area contributed by atoms with E-state index in [0.717, 1.165) is 37.6 Å². The zero-order valence-electron chi connectivity index (χ0n) is 47.0. The number of hydrogen-bond acceptors (Lipinski definition) is 18. The summed E-state index contributed by atoms with van der Waals surface area (Å²) in [6, 6.07) is 53.5. The molecular weight excluding hydrogens is 1070 g/mol. The highest BCUT2D eigenvalue weighted by atomic mass is 16.7. The molecule has 0 amide bonds. The van der Waals surface area contributed by atoms with Crippen LogP contribution in [0.15, 0.2) is 204 Å². The molecule has 2 fully saturated rings. The zero-order valence-corrected chi connectivity index (χ0v) is 47.0. The summed E-state index contributed by atoms with van der Waals surface area (Å²) in [5.74, 6) is -3.44. The maximum Gasteiger partial charge on any atom is 0.405 e. The summed E-state index contributed by atoms with van der Waals surface area (Å²) in [5.41, 5.74) is 5.16. The second-order valence-electron chi connectivity index (χ2n) is 18.7. The van der Waals surface area contributed by atoms with Crippen molar-refractivity contribution in [3.63, 3.8) is 0 Å². The van der Waals surface area contributed by atoms with E-state index in [9.17, 15) is 33.6 Å². The van der Waals surface area contributed by atoms with Crippen LogP contribution in [0, 0.1) is 0 Å². The van der Waals surface area contributed by atoms with E-state index >= 15 is 0 Å². The summed E-state index contributed by atoms with van der Waals surface area (Å²) in [7, 11) is 2.94. The highest BCUT2D eigenvalue weighted by Crippen LogP contribution is 2.29. The third kappa shape index (κ3) is 17.4. The number of carbonyl (C=O) groups is 7. The highest BCUT2D eigenvalue weighted by molar-refractivity contribution is 6.52. The molecular formula is C66H63N5O13. The quantitative estimate of drug-likeness (QED) is 0.0242. The Kier molecular flexibility index (Phi) is 23.2. The van der Waals surface area contributed by atoms with Crippen molar-refractivity contribution < 1.29 is 62.3 Å². The number of anilines is 2. The van der Waals surface area contributed by atoms with Gasteiger partial charge in [-0.2, -0.15) is 0 Å². The van der Waals surface area contributed by atoms with Gasteiger partial charge in [-0.25, -0.2) is 14.4 Å². The molecule has 0 atom stereocenters. The van der Waals surface area contributed by atoms with Gasteiger partial charge in [0.25, 0.3) is 5.78 Å². The zero-order chi connectivity index (χ0) is 59.6. The van der Waals surface area contributed by atoms with Gasteiger partial charge in [-0.1, -0.05) is 132 Å². The fourth-order valence-electron chi connectivity index (χ4n) is 8.62. The monoisotopic (exact) mass is 1130 g/mol. The first kappa shape index (κ1) is 61.4. The van der Waals surface area contributed by atoms with Crippen LogP contribution in [0.3, 0.4) is 0 Å². The molecule has 0 radical (unpaired) electrons. The van der Waals surface area contributed by atoms with Crippen molar-refractivity contribution in [1.29, 1.82) is 0 Å². The fraction of sp³-hybridized carbons (Fsp3) is 0.212. The van der Waals surface area contributed by atoms with E-state index in [0.29, 0.717) is 59.0 Å². The Morgan fingerprint density at radius 2 is 0.857 bits per heavy atom. The van der Waals surface area contributed by atoms with Crippen molar-refractivity contribution in [1.82, 2.24) is 0 Å². The SMILES string of the molecule is CC/C(=N\OC(C)=O)C(=O)c1ccc(N2CCCCC2)cc1.COc1ccc(C(=O)/C(=N/OC(=O)C(=O)c2ccccc2)c2ccccc2)cc1OC.O=C(O/N=C(/C(=O)c1ccc(N2CCOCC2)cc1)c1ccccc1)c1ccccc1. The van der Waals surface area contributed by atoms with E-state index in [2.05, 4.69) is 30.1 Å². The predicted octanol–water partition coefficient (Wildman–Crippen LogP) is 10.9. The third-order valence-corrected chi connectivity index (χ3v) is 13.1. The number of ketones is 4. The molecule has 0 aromatic heterocycles. The lowest BCUT2D eigenvalue weighted by Crippen LogP contribution is -2.36. The van der Waals surface area contributed by atoms with Gasteiger partial charge in [-0.3, -0.25) is 19.2 Å². The van der Waals surface area contributed by atoms with E-state index in [1.165, 1.54) is 58.6 Å². The average Bonchev–Trinajstić information content (AvgIpc) is 3.73. The molecule has 0 bridgehead atoms. The van der Waals surface area contributed by atoms with E-state index in [1.807, 2.05) is 49.4 Å². The number of oxime groups is 3. The van der Waals surface area contributed by atoms with Crippen LogP contribution in [0.2, 0.25) is 0 Å². The fourth-order valence-corrected chi connectivity index (χ4v) is 8.62. The molecule has 18 heteroatoms. The summed E-state index contributed by atoms with van der Waals surface area (Å²) in [6.45, 7) is 8.23. The molecule has 0 spiro atoms. The molecule has 2 aliphatic heterocycles. The predicted molar refractivity (Wildman–Crippen MR) is 319 cm³/mol. The maximum absolute atomic E-state index is 13.2. The van der Waals surface area contributed by atoms with Crippen LogP contribution in [-0.2, 0) is 28.8 Å². The van der Waals surface area contributed by atoms with Crippen LogP contribution in [-0.4, -0.2) is 112 Å². The summed E-state index contributed by atoms with van der Waals surface area (Å²) in [4.78, 5) is 105. The van der Waals surface area contributed by atoms with E-state index < -0.39 is 29.5 Å². The number of ether oxygens (including phenoxy) is 3. The van der Waals surface area contributed by atoms with Gasteiger partial charge in [0.15, 0.2) is 22.9 Å². The highest BCUT2D eigenvalue weighted by Gasteiger charge is 2.24. The van der Waals surface area contributed by atoms with Gasteiger partial charge in [0.2, 0.25) is 17.3 Å². The smallest absolute Gasteiger partial charge is 0.405 e. The minimum Gasteiger partial charge on any atom is -0.493 e. The molecule has 430 valence electrons. The summed E-state index contributed by atoms with van der Waals surface area (Å²) >= 11 is 0. The van der Waals surface area contributed by atoms with Crippen molar-refractivity contribution >= 4 is 69.6 Å². The van der Waals surface area contributed by atoms with Crippen LogP contribution in [0.4, 0.5) is 11.4 Å². The molecule has 84 heavy (non-hydrogen) atoms. The Morgan fingerprint density at radius 1 is 0.429 bits per heavy atom. The minimum absolute atomic E-state index is 0.0732. The maximum atomic E-state index is 13.2. The van der Waals surface area contributed by atoms with E-state index in [1.54, 1.807) is 127 Å². The number of rotatable bonds is 19. The lowest BCUT2D eigenvalue weighted by atomic mass is 10.0. The van der Waals surface area contributed by atoms with Gasteiger partial charge in [-0.15, -0.1) is 0 Å². The van der Waals surface area contributed by atoms with Gasteiger partial charge < -0.3 is 38.5 Å². The molecule has 9 rings (SSSR count). The van der Waals surface area contributed by atoms with Crippen LogP contribution in [0.25, 0.3) is 0 Å². The molecule has 0 unspecified atom stereocenters. The van der Waals surface area contributed by atoms with Gasteiger partial charge in [-0.05, 0) is 105 Å². The topological polar surface area (TPSA) is 218 Å². The Morgan fingerprint density at radius 3 is 1.35 bits per heavy atom. The molecule has 0 saturated carbocycles. The third-order valence-electron chi connectivity index (χ3n) is 13.1. The minimum atomic E-state index is -1.19. The largest absolute Gasteiger partial charge is 0.493 e. The normalized spacial score (nSPS) is 13.3. The molecule has 0 N–H and O–H groups in total. The Hall–Kier alpha value is -10.2. The summed E-state index contributed by atoms with van der Waals surface area (Å²) in [6.07, 6.45) is 4.14. The van der Waals surface area contributed by atoms with Gasteiger partial charge in [0, 0.05) is 77.9 Å². The molecule has 2 heterocycles. The number of methoxy groups -OCH3 is 2. The number of Topliss-reactive ketones (excluding diaryl/α,β-unsaturated/α-hetero) is 4. The van der Waals surface area contributed by atoms with E-state index in [-0.39, 0.29) is 39.8 Å². The number of benzene rings is 7. The number of morpholine rings is 1. The first-order valence-corrected chi connectivity index (χ1v) is 27.1. The average molecular weight is 1130 g/mol. The van der Waals surface area contributed by atoms with Gasteiger partial charge >= 0.3 is 17.9 Å². The Balaban J connectivity index is 0.000000184. The van der Waals surface area contributed by atoms with Crippen molar-refractivity contribution in [2.45, 2.75) is 39.5 Å². The molecule has 18 nitrogen and oxygen atoms in total. The van der Waals surface area contributed by atoms with Crippen LogP contribution in [0.5, 0.6) is 11.5 Å². The number of nitrogens with zero attached hydrogens (tertiary/aromatic N) is 5. The van der Waals surface area contributed by atoms with Crippen molar-refractivity contribution in [2.75, 3.05) is 63.4 Å². The second-order valence-corrected chi connectivity index (χ2v) is 18.7. The van der Waals surface area contributed by atoms with Crippen molar-refractivity contribution in [3.05, 3.63) is 227 Å². The number of carbonyl (C=O) groups excluding carboxylic acids is 7. The van der Waals surface area contributed by atoms with Gasteiger partial charge in [0.1, 0.15) is 5.71 Å². The van der Waals surface area contributed by atoms with Crippen LogP contribution in [0.1, 0.15) is 102 Å². The van der Waals surface area contributed by atoms with Crippen molar-refractivity contribution in [2.24, 2.45) is 15.5 Å². The molecule has 2 aliphatic rings. The molecule has 2 saturated heterocycles. The van der Waals surface area contributed by atoms with Crippen LogP contribution < -0.4 is 19.3 Å². The van der Waals surface area contributed by atoms with E-state index in [4.69, 9.17) is 23.9 Å². The van der Waals surface area contributed by atoms with Crippen molar-refractivity contribution in [3.8, 4) is 11.5 Å². The molecule has 0 aliphatic carbocycles.